The van der Waals surface area contributed by atoms with E-state index in [4.69, 9.17) is 4.74 Å². The van der Waals surface area contributed by atoms with E-state index in [1.54, 1.807) is 59.9 Å². The van der Waals surface area contributed by atoms with Crippen LogP contribution in [0.3, 0.4) is 0 Å². The molecule has 5 rings (SSSR count). The van der Waals surface area contributed by atoms with Crippen LogP contribution in [0.1, 0.15) is 82.9 Å². The van der Waals surface area contributed by atoms with Gasteiger partial charge in [0.05, 0.1) is 6.61 Å². The van der Waals surface area contributed by atoms with Gasteiger partial charge in [-0.05, 0) is 85.0 Å². The molecule has 2 saturated heterocycles. The number of nitrogens with one attached hydrogen (secondary N) is 8. The molecular formula is C50H67N9O13. The van der Waals surface area contributed by atoms with Crippen molar-refractivity contribution in [2.45, 2.75) is 129 Å². The molecule has 8 amide bonds. The average Bonchev–Trinajstić information content (AvgIpc) is 4.07. The summed E-state index contributed by atoms with van der Waals surface area (Å²) in [6.45, 7) is 10.7. The number of nitrogens with zero attached hydrogens (tertiary/aromatic N) is 1. The highest BCUT2D eigenvalue weighted by Gasteiger charge is 2.42. The molecule has 2 aromatic carbocycles. The summed E-state index contributed by atoms with van der Waals surface area (Å²) >= 11 is 0. The third kappa shape index (κ3) is 14.5. The Balaban J connectivity index is 1.35. The molecule has 0 saturated carbocycles. The lowest BCUT2D eigenvalue weighted by atomic mass is 9.98. The quantitative estimate of drug-likeness (QED) is 0.0783. The summed E-state index contributed by atoms with van der Waals surface area (Å²) in [6, 6.07) is 3.89. The lowest BCUT2D eigenvalue weighted by Gasteiger charge is -2.32. The van der Waals surface area contributed by atoms with Crippen LogP contribution in [0.25, 0.3) is 0 Å². The number of aromatic amines is 1. The van der Waals surface area contributed by atoms with Gasteiger partial charge in [0.25, 0.3) is 5.91 Å². The van der Waals surface area contributed by atoms with Crippen LogP contribution in [0.5, 0.6) is 11.5 Å². The van der Waals surface area contributed by atoms with Crippen molar-refractivity contribution in [2.24, 2.45) is 17.8 Å². The van der Waals surface area contributed by atoms with Crippen molar-refractivity contribution in [1.29, 1.82) is 0 Å². The summed E-state index contributed by atoms with van der Waals surface area (Å²) in [5.41, 5.74) is 1.23. The number of rotatable bonds is 17. The van der Waals surface area contributed by atoms with Crippen LogP contribution >= 0.6 is 0 Å². The number of aromatic nitrogens is 1. The van der Waals surface area contributed by atoms with Crippen molar-refractivity contribution in [3.63, 3.8) is 0 Å². The van der Waals surface area contributed by atoms with E-state index in [1.165, 1.54) is 60.4 Å². The maximum absolute atomic E-state index is 14.3. The number of carbonyl (C=O) groups excluding carboxylic acids is 9. The minimum atomic E-state index is -1.77. The minimum absolute atomic E-state index is 0.0557. The van der Waals surface area contributed by atoms with Crippen LogP contribution in [-0.4, -0.2) is 146 Å². The zero-order valence-corrected chi connectivity index (χ0v) is 41.4. The lowest BCUT2D eigenvalue weighted by molar-refractivity contribution is -0.156. The third-order valence-electron chi connectivity index (χ3n) is 12.5. The van der Waals surface area contributed by atoms with Crippen LogP contribution in [0.15, 0.2) is 66.9 Å². The fourth-order valence-corrected chi connectivity index (χ4v) is 8.36. The first kappa shape index (κ1) is 55.4. The zero-order chi connectivity index (χ0) is 53.0. The summed E-state index contributed by atoms with van der Waals surface area (Å²) in [4.78, 5) is 129. The van der Waals surface area contributed by atoms with Crippen molar-refractivity contribution in [3.05, 3.63) is 83.7 Å². The number of aromatic hydroxyl groups is 2. The minimum Gasteiger partial charge on any atom is -0.508 e. The second-order valence-corrected chi connectivity index (χ2v) is 19.2. The molecule has 2 aliphatic heterocycles. The molecular weight excluding hydrogens is 935 g/mol. The highest BCUT2D eigenvalue weighted by atomic mass is 16.5. The molecule has 0 spiro atoms. The van der Waals surface area contributed by atoms with Gasteiger partial charge in [-0.3, -0.25) is 38.4 Å². The Hall–Kier alpha value is -7.49. The number of hydrogen-bond donors (Lipinski definition) is 11. The van der Waals surface area contributed by atoms with Gasteiger partial charge in [0, 0.05) is 25.6 Å². The Bertz CT molecular complexity index is 2410. The molecule has 3 aromatic rings. The molecule has 22 heteroatoms. The molecule has 0 radical (unpaired) electrons. The molecule has 0 bridgehead atoms. The first-order valence-electron chi connectivity index (χ1n) is 24.0. The molecule has 1 aromatic heterocycles. The standard InChI is InChI=1S/C50H67N9O13/c1-25(2)38(55-45(66)37-11-9-21-59(37)49(70)40(27(5)6)57-42(63)33-10-8-20-51-33)46(67)56-39(26(3)4)47(68)58-41-28(7)72-50(71)35(23-30-14-18-32(62)19-15-30)53-43(64)34(22-29-12-16-31(61)17-13-29)52-44(65)36(24-60)54-48(41)69/h8,10,12-20,25-28,34-41,51,60-62H,9,11,21-24H2,1-7H3,(H,52,65)(H,53,64)(H,54,69)(H,55,66)(H,56,67)(H,57,63)(H,58,68). The van der Waals surface area contributed by atoms with Gasteiger partial charge in [-0.2, -0.15) is 0 Å². The predicted octanol–water partition coefficient (Wildman–Crippen LogP) is -0.185. The number of amides is 8. The van der Waals surface area contributed by atoms with Crippen LogP contribution in [0, 0.1) is 17.8 Å². The number of aliphatic hydroxyl groups excluding tert-OH is 1. The fourth-order valence-electron chi connectivity index (χ4n) is 8.36. The number of esters is 1. The Morgan fingerprint density at radius 1 is 0.681 bits per heavy atom. The predicted molar refractivity (Wildman–Crippen MR) is 259 cm³/mol. The molecule has 2 fully saturated rings. The van der Waals surface area contributed by atoms with E-state index in [0.717, 1.165) is 0 Å². The average molecular weight is 1000 g/mol. The lowest BCUT2D eigenvalue weighted by Crippen LogP contribution is -2.63. The van der Waals surface area contributed by atoms with E-state index < -0.39 is 126 Å². The van der Waals surface area contributed by atoms with E-state index in [2.05, 4.69) is 42.2 Å². The van der Waals surface area contributed by atoms with Crippen molar-refractivity contribution in [3.8, 4) is 11.5 Å². The molecule has 2 aliphatic rings. The first-order chi connectivity index (χ1) is 34.1. The van der Waals surface area contributed by atoms with E-state index in [-0.39, 0.29) is 48.9 Å². The van der Waals surface area contributed by atoms with Gasteiger partial charge in [0.1, 0.15) is 71.6 Å². The van der Waals surface area contributed by atoms with E-state index in [0.29, 0.717) is 17.5 Å². The van der Waals surface area contributed by atoms with Gasteiger partial charge < -0.3 is 67.2 Å². The molecule has 0 aliphatic carbocycles. The third-order valence-corrected chi connectivity index (χ3v) is 12.5. The van der Waals surface area contributed by atoms with Crippen molar-refractivity contribution < 1.29 is 63.2 Å². The van der Waals surface area contributed by atoms with Crippen LogP contribution in [0.4, 0.5) is 0 Å². The zero-order valence-electron chi connectivity index (χ0n) is 41.4. The van der Waals surface area contributed by atoms with Gasteiger partial charge in [0.15, 0.2) is 0 Å². The van der Waals surface area contributed by atoms with Crippen LogP contribution in [0.2, 0.25) is 0 Å². The van der Waals surface area contributed by atoms with Gasteiger partial charge in [-0.1, -0.05) is 65.8 Å². The molecule has 72 heavy (non-hydrogen) atoms. The first-order valence-corrected chi connectivity index (χ1v) is 24.0. The second kappa shape index (κ2) is 25.1. The summed E-state index contributed by atoms with van der Waals surface area (Å²) in [5.74, 6) is -8.90. The fraction of sp³-hybridized carbons (Fsp3) is 0.500. The monoisotopic (exact) mass is 1000 g/mol. The number of ether oxygens (including phenoxy) is 1. The highest BCUT2D eigenvalue weighted by Crippen LogP contribution is 2.22. The summed E-state index contributed by atoms with van der Waals surface area (Å²) in [7, 11) is 0. The normalized spacial score (nSPS) is 22.2. The maximum Gasteiger partial charge on any atom is 0.329 e. The van der Waals surface area contributed by atoms with E-state index >= 15 is 0 Å². The SMILES string of the molecule is CC(C)C(NC(=O)C(NC(=O)C1CCCN1C(=O)C(NC(=O)c1ccc[nH]1)C(C)C)C(C)C)C(=O)NC1C(=O)NC(CO)C(=O)NC(Cc2ccc(O)cc2)C(=O)NC(Cc2ccc(O)cc2)C(=O)OC1C. The highest BCUT2D eigenvalue weighted by molar-refractivity contribution is 6.00. The largest absolute Gasteiger partial charge is 0.508 e. The Morgan fingerprint density at radius 2 is 1.21 bits per heavy atom. The molecule has 390 valence electrons. The molecule has 9 unspecified atom stereocenters. The number of benzene rings is 2. The van der Waals surface area contributed by atoms with E-state index in [9.17, 15) is 58.5 Å². The number of cyclic esters (lactones) is 1. The number of hydrogen-bond acceptors (Lipinski definition) is 13. The maximum atomic E-state index is 14.3. The van der Waals surface area contributed by atoms with Gasteiger partial charge in [0.2, 0.25) is 41.4 Å². The Kier molecular flexibility index (Phi) is 19.3. The number of likely N-dealkylation sites (tertiary alicyclic amines) is 1. The topological polar surface area (TPSA) is 327 Å². The number of carbonyl (C=O) groups is 9. The Labute approximate surface area is 417 Å². The van der Waals surface area contributed by atoms with Crippen LogP contribution < -0.4 is 37.2 Å². The van der Waals surface area contributed by atoms with E-state index in [1.807, 2.05) is 0 Å². The van der Waals surface area contributed by atoms with Crippen molar-refractivity contribution >= 4 is 53.2 Å². The number of H-pyrrole nitrogens is 1. The van der Waals surface area contributed by atoms with Crippen molar-refractivity contribution in [1.82, 2.24) is 47.1 Å². The number of phenols is 2. The molecule has 11 N–H and O–H groups in total. The second-order valence-electron chi connectivity index (χ2n) is 19.2. The summed E-state index contributed by atoms with van der Waals surface area (Å²) in [5, 5.41) is 48.3. The molecule has 3 heterocycles. The summed E-state index contributed by atoms with van der Waals surface area (Å²) in [6.07, 6.45) is 0.485. The molecule has 22 nitrogen and oxygen atoms in total. The smallest absolute Gasteiger partial charge is 0.329 e. The van der Waals surface area contributed by atoms with Gasteiger partial charge in [-0.25, -0.2) is 4.79 Å². The van der Waals surface area contributed by atoms with Crippen molar-refractivity contribution in [2.75, 3.05) is 13.2 Å². The van der Waals surface area contributed by atoms with Crippen LogP contribution in [-0.2, 0) is 55.9 Å². The molecule has 9 atom stereocenters. The number of aliphatic hydroxyl groups is 1. The summed E-state index contributed by atoms with van der Waals surface area (Å²) < 4.78 is 5.78. The number of phenolic OH excluding ortho intramolecular Hbond substituents is 2. The van der Waals surface area contributed by atoms with Gasteiger partial charge >= 0.3 is 5.97 Å². The Morgan fingerprint density at radius 3 is 1.75 bits per heavy atom. The van der Waals surface area contributed by atoms with Gasteiger partial charge in [-0.15, -0.1) is 0 Å².